The summed E-state index contributed by atoms with van der Waals surface area (Å²) in [6, 6.07) is 4.69. The van der Waals surface area contributed by atoms with E-state index in [1.165, 1.54) is 12.1 Å². The van der Waals surface area contributed by atoms with Gasteiger partial charge in [-0.25, -0.2) is 0 Å². The zero-order valence-electron chi connectivity index (χ0n) is 10.6. The Bertz CT molecular complexity index is 470. The highest BCUT2D eigenvalue weighted by Crippen LogP contribution is 2.27. The number of anilines is 1. The number of likely N-dealkylation sites (N-methyl/N-ethyl adjacent to an activating group) is 1. The van der Waals surface area contributed by atoms with E-state index in [1.807, 2.05) is 0 Å². The first-order valence-electron chi connectivity index (χ1n) is 6.04. The summed E-state index contributed by atoms with van der Waals surface area (Å²) >= 11 is 3.33. The van der Waals surface area contributed by atoms with Crippen LogP contribution in [0.2, 0.25) is 0 Å². The maximum absolute atomic E-state index is 10.6. The van der Waals surface area contributed by atoms with Crippen LogP contribution in [0.1, 0.15) is 0 Å². The van der Waals surface area contributed by atoms with Crippen LogP contribution in [0.15, 0.2) is 22.7 Å². The molecule has 0 radical (unpaired) electrons. The summed E-state index contributed by atoms with van der Waals surface area (Å²) in [4.78, 5) is 12.5. The van der Waals surface area contributed by atoms with Crippen molar-refractivity contribution < 1.29 is 9.66 Å². The number of morpholine rings is 1. The lowest BCUT2D eigenvalue weighted by atomic mass is 10.2. The summed E-state index contributed by atoms with van der Waals surface area (Å²) in [5, 5.41) is 13.9. The minimum atomic E-state index is -0.409. The number of nitrogens with zero attached hydrogens (tertiary/aromatic N) is 2. The molecule has 1 saturated heterocycles. The fourth-order valence-corrected chi connectivity index (χ4v) is 2.48. The van der Waals surface area contributed by atoms with Gasteiger partial charge in [0.05, 0.1) is 17.6 Å². The van der Waals surface area contributed by atoms with Gasteiger partial charge in [-0.3, -0.25) is 10.1 Å². The molecule has 0 aromatic heterocycles. The molecule has 104 valence electrons. The summed E-state index contributed by atoms with van der Waals surface area (Å²) in [6.45, 7) is 3.26. The van der Waals surface area contributed by atoms with Gasteiger partial charge in [0.15, 0.2) is 0 Å². The van der Waals surface area contributed by atoms with Crippen molar-refractivity contribution in [2.24, 2.45) is 0 Å². The first-order valence-corrected chi connectivity index (χ1v) is 6.83. The molecule has 1 aromatic rings. The Morgan fingerprint density at radius 3 is 3.05 bits per heavy atom. The number of hydrogen-bond acceptors (Lipinski definition) is 5. The van der Waals surface area contributed by atoms with Crippen LogP contribution >= 0.6 is 15.9 Å². The number of nitrogens with one attached hydrogen (secondary N) is 1. The van der Waals surface area contributed by atoms with E-state index in [-0.39, 0.29) is 11.8 Å². The maximum Gasteiger partial charge on any atom is 0.270 e. The molecule has 0 saturated carbocycles. The number of benzene rings is 1. The SMILES string of the molecule is CN1CCOC(CNc2ccc([N+](=O)[O-])cc2Br)C1. The lowest BCUT2D eigenvalue weighted by Gasteiger charge is -2.30. The average Bonchev–Trinajstić information content (AvgIpc) is 2.37. The zero-order chi connectivity index (χ0) is 13.8. The van der Waals surface area contributed by atoms with Crippen LogP contribution in [0.5, 0.6) is 0 Å². The standard InChI is InChI=1S/C12H16BrN3O3/c1-15-4-5-19-10(8-15)7-14-12-3-2-9(16(17)18)6-11(12)13/h2-3,6,10,14H,4-5,7-8H2,1H3. The van der Waals surface area contributed by atoms with E-state index >= 15 is 0 Å². The average molecular weight is 330 g/mol. The van der Waals surface area contributed by atoms with Crippen molar-refractivity contribution in [2.75, 3.05) is 38.6 Å². The number of hydrogen-bond donors (Lipinski definition) is 1. The third-order valence-electron chi connectivity index (χ3n) is 3.03. The van der Waals surface area contributed by atoms with Crippen LogP contribution in [0.3, 0.4) is 0 Å². The highest BCUT2D eigenvalue weighted by atomic mass is 79.9. The van der Waals surface area contributed by atoms with E-state index in [4.69, 9.17) is 4.74 Å². The van der Waals surface area contributed by atoms with E-state index in [0.29, 0.717) is 11.0 Å². The van der Waals surface area contributed by atoms with Crippen molar-refractivity contribution in [1.82, 2.24) is 4.90 Å². The number of rotatable bonds is 4. The fourth-order valence-electron chi connectivity index (χ4n) is 1.98. The quantitative estimate of drug-likeness (QED) is 0.676. The molecule has 1 aliphatic heterocycles. The van der Waals surface area contributed by atoms with Gasteiger partial charge in [-0.15, -0.1) is 0 Å². The van der Waals surface area contributed by atoms with Crippen molar-refractivity contribution in [1.29, 1.82) is 0 Å². The molecule has 0 bridgehead atoms. The van der Waals surface area contributed by atoms with Crippen LogP contribution in [-0.2, 0) is 4.74 Å². The molecule has 1 aromatic carbocycles. The monoisotopic (exact) mass is 329 g/mol. The van der Waals surface area contributed by atoms with Gasteiger partial charge in [0.25, 0.3) is 5.69 Å². The molecule has 1 aliphatic rings. The largest absolute Gasteiger partial charge is 0.381 e. The Morgan fingerprint density at radius 2 is 2.42 bits per heavy atom. The van der Waals surface area contributed by atoms with Crippen LogP contribution in [0.25, 0.3) is 0 Å². The highest BCUT2D eigenvalue weighted by Gasteiger charge is 2.18. The molecule has 1 atom stereocenters. The molecule has 0 aliphatic carbocycles. The predicted octanol–water partition coefficient (Wildman–Crippen LogP) is 2.10. The second kappa shape index (κ2) is 6.31. The molecule has 7 heteroatoms. The molecule has 1 unspecified atom stereocenters. The number of halogens is 1. The summed E-state index contributed by atoms with van der Waals surface area (Å²) in [6.07, 6.45) is 0.140. The van der Waals surface area contributed by atoms with E-state index < -0.39 is 4.92 Å². The lowest BCUT2D eigenvalue weighted by Crippen LogP contribution is -2.43. The lowest BCUT2D eigenvalue weighted by molar-refractivity contribution is -0.384. The highest BCUT2D eigenvalue weighted by molar-refractivity contribution is 9.10. The second-order valence-electron chi connectivity index (χ2n) is 4.56. The van der Waals surface area contributed by atoms with Gasteiger partial charge in [0.1, 0.15) is 0 Å². The van der Waals surface area contributed by atoms with Crippen molar-refractivity contribution in [3.63, 3.8) is 0 Å². The molecule has 0 amide bonds. The van der Waals surface area contributed by atoms with Gasteiger partial charge in [0, 0.05) is 41.9 Å². The van der Waals surface area contributed by atoms with Gasteiger partial charge in [0.2, 0.25) is 0 Å². The van der Waals surface area contributed by atoms with E-state index in [1.54, 1.807) is 6.07 Å². The summed E-state index contributed by atoms with van der Waals surface area (Å²) in [7, 11) is 2.07. The molecule has 0 spiro atoms. The van der Waals surface area contributed by atoms with E-state index in [2.05, 4.69) is 33.2 Å². The van der Waals surface area contributed by atoms with Crippen molar-refractivity contribution in [3.05, 3.63) is 32.8 Å². The Balaban J connectivity index is 1.94. The Morgan fingerprint density at radius 1 is 1.63 bits per heavy atom. The van der Waals surface area contributed by atoms with Crippen molar-refractivity contribution in [2.45, 2.75) is 6.10 Å². The first-order chi connectivity index (χ1) is 9.06. The first kappa shape index (κ1) is 14.2. The molecule has 1 N–H and O–H groups in total. The zero-order valence-corrected chi connectivity index (χ0v) is 12.2. The van der Waals surface area contributed by atoms with Gasteiger partial charge < -0.3 is 15.0 Å². The molecular formula is C12H16BrN3O3. The van der Waals surface area contributed by atoms with E-state index in [0.717, 1.165) is 25.4 Å². The number of ether oxygens (including phenoxy) is 1. The summed E-state index contributed by atoms with van der Waals surface area (Å²) < 4.78 is 6.33. The fraction of sp³-hybridized carbons (Fsp3) is 0.500. The normalized spacial score (nSPS) is 20.2. The number of non-ortho nitro benzene ring substituents is 1. The molecule has 2 rings (SSSR count). The van der Waals surface area contributed by atoms with Gasteiger partial charge >= 0.3 is 0 Å². The van der Waals surface area contributed by atoms with Crippen LogP contribution in [-0.4, -0.2) is 49.2 Å². The van der Waals surface area contributed by atoms with Crippen LogP contribution < -0.4 is 5.32 Å². The Kier molecular flexibility index (Phi) is 4.73. The Labute approximate surface area is 120 Å². The molecule has 6 nitrogen and oxygen atoms in total. The number of nitro groups is 1. The summed E-state index contributed by atoms with van der Waals surface area (Å²) in [5.41, 5.74) is 0.911. The molecular weight excluding hydrogens is 314 g/mol. The van der Waals surface area contributed by atoms with E-state index in [9.17, 15) is 10.1 Å². The van der Waals surface area contributed by atoms with Gasteiger partial charge in [-0.2, -0.15) is 0 Å². The third kappa shape index (κ3) is 3.89. The predicted molar refractivity (Wildman–Crippen MR) is 76.5 cm³/mol. The third-order valence-corrected chi connectivity index (χ3v) is 3.68. The molecule has 19 heavy (non-hydrogen) atoms. The summed E-state index contributed by atoms with van der Waals surface area (Å²) in [5.74, 6) is 0. The second-order valence-corrected chi connectivity index (χ2v) is 5.41. The minimum absolute atomic E-state index is 0.0751. The number of nitro benzene ring substituents is 1. The minimum Gasteiger partial charge on any atom is -0.381 e. The molecule has 1 fully saturated rings. The van der Waals surface area contributed by atoms with Crippen molar-refractivity contribution >= 4 is 27.3 Å². The molecule has 1 heterocycles. The van der Waals surface area contributed by atoms with Crippen molar-refractivity contribution in [3.8, 4) is 0 Å². The van der Waals surface area contributed by atoms with Gasteiger partial charge in [-0.05, 0) is 29.0 Å². The van der Waals surface area contributed by atoms with Gasteiger partial charge in [-0.1, -0.05) is 0 Å². The Hall–Kier alpha value is -1.18. The van der Waals surface area contributed by atoms with Crippen LogP contribution in [0.4, 0.5) is 11.4 Å². The smallest absolute Gasteiger partial charge is 0.270 e. The maximum atomic E-state index is 10.6. The van der Waals surface area contributed by atoms with Crippen LogP contribution in [0, 0.1) is 10.1 Å². The topological polar surface area (TPSA) is 67.6 Å².